The van der Waals surface area contributed by atoms with Crippen LogP contribution in [-0.4, -0.2) is 25.1 Å². The van der Waals surface area contributed by atoms with Crippen molar-refractivity contribution in [1.82, 2.24) is 0 Å². The predicted molar refractivity (Wildman–Crippen MR) is 85.3 cm³/mol. The average Bonchev–Trinajstić information content (AvgIpc) is 2.54. The molecule has 2 saturated carbocycles. The van der Waals surface area contributed by atoms with E-state index in [2.05, 4.69) is 6.92 Å². The summed E-state index contributed by atoms with van der Waals surface area (Å²) in [6, 6.07) is 0. The maximum absolute atomic E-state index is 14.3. The van der Waals surface area contributed by atoms with Crippen molar-refractivity contribution in [2.75, 3.05) is 6.61 Å². The summed E-state index contributed by atoms with van der Waals surface area (Å²) in [5.74, 6) is 1.58. The van der Waals surface area contributed by atoms with E-state index in [4.69, 9.17) is 4.74 Å². The molecular formula is C19H32F2O. The number of hydrogen-bond acceptors (Lipinski definition) is 1. The largest absolute Gasteiger partial charge is 0.378 e. The van der Waals surface area contributed by atoms with Gasteiger partial charge < -0.3 is 4.74 Å². The molecule has 0 spiro atoms. The van der Waals surface area contributed by atoms with Crippen molar-refractivity contribution in [2.45, 2.75) is 83.7 Å². The number of halogens is 2. The Morgan fingerprint density at radius 2 is 1.41 bits per heavy atom. The van der Waals surface area contributed by atoms with Gasteiger partial charge in [0.05, 0.1) is 12.7 Å². The quantitative estimate of drug-likeness (QED) is 0.669. The number of rotatable bonds is 2. The van der Waals surface area contributed by atoms with E-state index >= 15 is 0 Å². The van der Waals surface area contributed by atoms with Crippen LogP contribution in [0.1, 0.15) is 65.2 Å². The molecule has 3 heteroatoms. The molecule has 0 bridgehead atoms. The van der Waals surface area contributed by atoms with Gasteiger partial charge in [0.25, 0.3) is 0 Å². The molecule has 3 fully saturated rings. The van der Waals surface area contributed by atoms with Crippen molar-refractivity contribution in [1.29, 1.82) is 0 Å². The Morgan fingerprint density at radius 3 is 2.05 bits per heavy atom. The third-order valence-corrected chi connectivity index (χ3v) is 6.75. The lowest BCUT2D eigenvalue weighted by atomic mass is 9.71. The molecule has 128 valence electrons. The molecule has 1 nitrogen and oxygen atoms in total. The lowest BCUT2D eigenvalue weighted by Gasteiger charge is -2.42. The van der Waals surface area contributed by atoms with E-state index in [0.29, 0.717) is 18.6 Å². The first kappa shape index (κ1) is 16.7. The van der Waals surface area contributed by atoms with Crippen molar-refractivity contribution in [3.05, 3.63) is 0 Å². The van der Waals surface area contributed by atoms with Gasteiger partial charge in [-0.05, 0) is 68.1 Å². The summed E-state index contributed by atoms with van der Waals surface area (Å²) in [5.41, 5.74) is 0. The van der Waals surface area contributed by atoms with Crippen molar-refractivity contribution in [2.24, 2.45) is 29.6 Å². The van der Waals surface area contributed by atoms with Gasteiger partial charge in [0.1, 0.15) is 12.3 Å². The van der Waals surface area contributed by atoms with E-state index in [0.717, 1.165) is 31.6 Å². The minimum absolute atomic E-state index is 0.112. The molecule has 22 heavy (non-hydrogen) atoms. The van der Waals surface area contributed by atoms with Crippen molar-refractivity contribution < 1.29 is 13.5 Å². The second-order valence-corrected chi connectivity index (χ2v) is 8.34. The highest BCUT2D eigenvalue weighted by Gasteiger charge is 2.43. The predicted octanol–water partition coefficient (Wildman–Crippen LogP) is 5.33. The van der Waals surface area contributed by atoms with E-state index in [1.807, 2.05) is 6.92 Å². The highest BCUT2D eigenvalue weighted by atomic mass is 19.2. The normalized spacial score (nSPS) is 50.7. The first-order valence-electron chi connectivity index (χ1n) is 9.46. The molecule has 5 unspecified atom stereocenters. The lowest BCUT2D eigenvalue weighted by Crippen LogP contribution is -2.44. The summed E-state index contributed by atoms with van der Waals surface area (Å²) in [6.07, 6.45) is 6.81. The fraction of sp³-hybridized carbons (Fsp3) is 1.00. The monoisotopic (exact) mass is 314 g/mol. The number of alkyl halides is 2. The minimum atomic E-state index is -1.27. The van der Waals surface area contributed by atoms with Gasteiger partial charge in [0.2, 0.25) is 0 Å². The Labute approximate surface area is 134 Å². The summed E-state index contributed by atoms with van der Waals surface area (Å²) >= 11 is 0. The molecule has 0 N–H and O–H groups in total. The Morgan fingerprint density at radius 1 is 0.727 bits per heavy atom. The Hall–Kier alpha value is -0.180. The van der Waals surface area contributed by atoms with Crippen LogP contribution in [0, 0.1) is 29.6 Å². The molecule has 3 rings (SSSR count). The molecule has 0 aromatic heterocycles. The summed E-state index contributed by atoms with van der Waals surface area (Å²) in [7, 11) is 0. The van der Waals surface area contributed by atoms with Crippen LogP contribution in [0.5, 0.6) is 0 Å². The third-order valence-electron chi connectivity index (χ3n) is 6.75. The summed E-state index contributed by atoms with van der Waals surface area (Å²) in [6.45, 7) is 4.83. The van der Waals surface area contributed by atoms with Crippen LogP contribution < -0.4 is 0 Å². The zero-order valence-corrected chi connectivity index (χ0v) is 14.1. The minimum Gasteiger partial charge on any atom is -0.378 e. The highest BCUT2D eigenvalue weighted by molar-refractivity contribution is 4.91. The van der Waals surface area contributed by atoms with Gasteiger partial charge in [-0.2, -0.15) is 0 Å². The summed E-state index contributed by atoms with van der Waals surface area (Å²) < 4.78 is 34.4. The smallest absolute Gasteiger partial charge is 0.135 e. The second kappa shape index (κ2) is 7.15. The lowest BCUT2D eigenvalue weighted by molar-refractivity contribution is -0.0928. The molecule has 6 atom stereocenters. The zero-order valence-electron chi connectivity index (χ0n) is 14.1. The second-order valence-electron chi connectivity index (χ2n) is 8.34. The van der Waals surface area contributed by atoms with Crippen LogP contribution in [-0.2, 0) is 4.74 Å². The van der Waals surface area contributed by atoms with Gasteiger partial charge in [-0.15, -0.1) is 0 Å². The van der Waals surface area contributed by atoms with Gasteiger partial charge in [-0.3, -0.25) is 0 Å². The van der Waals surface area contributed by atoms with Crippen LogP contribution in [0.2, 0.25) is 0 Å². The molecule has 0 amide bonds. The van der Waals surface area contributed by atoms with Crippen LogP contribution in [0.3, 0.4) is 0 Å². The standard InChI is InChI=1S/C19H32F2O/c1-12-3-6-14(7-4-12)17-10-8-15(11-22-17)16-9-5-13(2)18(20)19(16)21/h12-19H,3-11H2,1-2H3/t12?,13?,14?,15-,16?,17?,18?,19?/m1/s1. The average molecular weight is 314 g/mol. The molecule has 0 aromatic rings. The molecule has 0 radical (unpaired) electrons. The molecule has 2 aliphatic carbocycles. The third kappa shape index (κ3) is 3.49. The maximum Gasteiger partial charge on any atom is 0.135 e. The SMILES string of the molecule is CC1CCC(C2CC[C@@H](C3CCC(C)C(F)C3F)CO2)CC1. The highest BCUT2D eigenvalue weighted by Crippen LogP contribution is 2.42. The van der Waals surface area contributed by atoms with E-state index in [1.165, 1.54) is 25.7 Å². The van der Waals surface area contributed by atoms with Crippen molar-refractivity contribution >= 4 is 0 Å². The molecule has 1 saturated heterocycles. The first-order chi connectivity index (χ1) is 10.6. The topological polar surface area (TPSA) is 9.23 Å². The number of hydrogen-bond donors (Lipinski definition) is 0. The Balaban J connectivity index is 1.49. The van der Waals surface area contributed by atoms with E-state index < -0.39 is 12.3 Å². The fourth-order valence-electron chi connectivity index (χ4n) is 4.98. The first-order valence-corrected chi connectivity index (χ1v) is 9.46. The molecule has 3 aliphatic rings. The van der Waals surface area contributed by atoms with Crippen LogP contribution in [0.25, 0.3) is 0 Å². The van der Waals surface area contributed by atoms with Crippen LogP contribution >= 0.6 is 0 Å². The number of ether oxygens (including phenoxy) is 1. The summed E-state index contributed by atoms with van der Waals surface area (Å²) in [5, 5.41) is 0. The van der Waals surface area contributed by atoms with Gasteiger partial charge >= 0.3 is 0 Å². The van der Waals surface area contributed by atoms with Gasteiger partial charge in [-0.25, -0.2) is 8.78 Å². The van der Waals surface area contributed by atoms with E-state index in [-0.39, 0.29) is 17.8 Å². The van der Waals surface area contributed by atoms with Gasteiger partial charge in [0.15, 0.2) is 0 Å². The molecular weight excluding hydrogens is 282 g/mol. The Bertz CT molecular complexity index is 345. The van der Waals surface area contributed by atoms with Crippen molar-refractivity contribution in [3.8, 4) is 0 Å². The fourth-order valence-corrected chi connectivity index (χ4v) is 4.98. The molecule has 0 aromatic carbocycles. The van der Waals surface area contributed by atoms with Crippen molar-refractivity contribution in [3.63, 3.8) is 0 Å². The zero-order chi connectivity index (χ0) is 15.7. The van der Waals surface area contributed by atoms with Crippen LogP contribution in [0.15, 0.2) is 0 Å². The van der Waals surface area contributed by atoms with E-state index in [1.54, 1.807) is 0 Å². The maximum atomic E-state index is 14.3. The van der Waals surface area contributed by atoms with Gasteiger partial charge in [0, 0.05) is 0 Å². The molecule has 1 heterocycles. The van der Waals surface area contributed by atoms with Crippen LogP contribution in [0.4, 0.5) is 8.78 Å². The van der Waals surface area contributed by atoms with Gasteiger partial charge in [-0.1, -0.05) is 26.7 Å². The summed E-state index contributed by atoms with van der Waals surface area (Å²) in [4.78, 5) is 0. The van der Waals surface area contributed by atoms with E-state index in [9.17, 15) is 8.78 Å². The molecule has 1 aliphatic heterocycles. The Kier molecular flexibility index (Phi) is 5.42.